The smallest absolute Gasteiger partial charge is 0.264 e. The number of halogens is 2. The molecule has 1 aromatic carbocycles. The Bertz CT molecular complexity index is 610. The van der Waals surface area contributed by atoms with Crippen LogP contribution < -0.4 is 20.9 Å². The van der Waals surface area contributed by atoms with E-state index in [4.69, 9.17) is 28.6 Å². The maximum absolute atomic E-state index is 11.7. The van der Waals surface area contributed by atoms with E-state index in [0.29, 0.717) is 10.8 Å². The molecule has 0 aliphatic heterocycles. The highest BCUT2D eigenvalue weighted by atomic mass is 79.9. The second kappa shape index (κ2) is 7.75. The zero-order valence-electron chi connectivity index (χ0n) is 11.3. The van der Waals surface area contributed by atoms with Crippen LogP contribution in [0.4, 0.5) is 0 Å². The van der Waals surface area contributed by atoms with Crippen molar-refractivity contribution in [2.24, 2.45) is 5.92 Å². The fraction of sp³-hybridized carbons (Fsp3) is 0.308. The highest BCUT2D eigenvalue weighted by molar-refractivity contribution is 9.10. The van der Waals surface area contributed by atoms with Crippen LogP contribution in [0.25, 0.3) is 0 Å². The lowest BCUT2D eigenvalue weighted by molar-refractivity contribution is -0.123. The Hall–Kier alpha value is -1.38. The van der Waals surface area contributed by atoms with Gasteiger partial charge in [0, 0.05) is 10.4 Å². The molecule has 118 valence electrons. The number of amides is 2. The predicted octanol–water partition coefficient (Wildman–Crippen LogP) is 1.91. The summed E-state index contributed by atoms with van der Waals surface area (Å²) in [5.74, 6) is -0.151. The van der Waals surface area contributed by atoms with Gasteiger partial charge in [-0.3, -0.25) is 25.8 Å². The number of ether oxygens (including phenoxy) is 1. The van der Waals surface area contributed by atoms with Gasteiger partial charge >= 0.3 is 0 Å². The van der Waals surface area contributed by atoms with Crippen molar-refractivity contribution in [3.8, 4) is 5.75 Å². The molecule has 1 aromatic rings. The van der Waals surface area contributed by atoms with E-state index in [9.17, 15) is 9.59 Å². The van der Waals surface area contributed by atoms with Gasteiger partial charge in [-0.05, 0) is 43.3 Å². The summed E-state index contributed by atoms with van der Waals surface area (Å²) in [5.41, 5.74) is 4.89. The van der Waals surface area contributed by atoms with Crippen LogP contribution in [-0.4, -0.2) is 23.5 Å². The first-order valence-electron chi connectivity index (χ1n) is 6.43. The molecule has 1 fully saturated rings. The first-order valence-corrected chi connectivity index (χ1v) is 8.01. The average Bonchev–Trinajstić information content (AvgIpc) is 3.28. The van der Waals surface area contributed by atoms with Crippen LogP contribution in [0, 0.1) is 5.92 Å². The summed E-state index contributed by atoms with van der Waals surface area (Å²) in [7, 11) is 0. The summed E-state index contributed by atoms with van der Waals surface area (Å²) in [6.45, 7) is -0.250. The highest BCUT2D eigenvalue weighted by Gasteiger charge is 2.29. The van der Waals surface area contributed by atoms with Gasteiger partial charge < -0.3 is 4.74 Å². The SMILES string of the molecule is O=C(COc1ccc(Br)cc1Cl)NC(=S)NNC(=O)C1CC1. The summed E-state index contributed by atoms with van der Waals surface area (Å²) in [6.07, 6.45) is 1.77. The van der Waals surface area contributed by atoms with Crippen LogP contribution in [-0.2, 0) is 9.59 Å². The molecule has 9 heteroatoms. The minimum Gasteiger partial charge on any atom is -0.482 e. The van der Waals surface area contributed by atoms with Gasteiger partial charge in [-0.15, -0.1) is 0 Å². The van der Waals surface area contributed by atoms with E-state index in [1.165, 1.54) is 0 Å². The normalized spacial score (nSPS) is 13.2. The Labute approximate surface area is 146 Å². The molecule has 2 rings (SSSR count). The molecular weight excluding hydrogens is 394 g/mol. The molecule has 6 nitrogen and oxygen atoms in total. The average molecular weight is 407 g/mol. The fourth-order valence-corrected chi connectivity index (χ4v) is 2.39. The molecule has 0 saturated heterocycles. The quantitative estimate of drug-likeness (QED) is 0.526. The number of benzene rings is 1. The molecule has 0 spiro atoms. The fourth-order valence-electron chi connectivity index (χ4n) is 1.50. The first kappa shape index (κ1) is 17.0. The third kappa shape index (κ3) is 5.43. The second-order valence-electron chi connectivity index (χ2n) is 4.63. The molecule has 1 aliphatic carbocycles. The van der Waals surface area contributed by atoms with Crippen LogP contribution in [0.3, 0.4) is 0 Å². The Morgan fingerprint density at radius 2 is 2.09 bits per heavy atom. The monoisotopic (exact) mass is 405 g/mol. The minimum atomic E-state index is -0.461. The van der Waals surface area contributed by atoms with E-state index >= 15 is 0 Å². The lowest BCUT2D eigenvalue weighted by Crippen LogP contribution is -2.49. The van der Waals surface area contributed by atoms with Crippen molar-refractivity contribution in [2.45, 2.75) is 12.8 Å². The summed E-state index contributed by atoms with van der Waals surface area (Å²) in [4.78, 5) is 23.0. The summed E-state index contributed by atoms with van der Waals surface area (Å²) >= 11 is 14.1. The number of rotatable bonds is 4. The zero-order chi connectivity index (χ0) is 16.1. The topological polar surface area (TPSA) is 79.5 Å². The molecule has 0 heterocycles. The van der Waals surface area contributed by atoms with Crippen LogP contribution in [0.15, 0.2) is 22.7 Å². The van der Waals surface area contributed by atoms with Crippen molar-refractivity contribution in [3.05, 3.63) is 27.7 Å². The van der Waals surface area contributed by atoms with E-state index in [-0.39, 0.29) is 23.5 Å². The molecule has 0 atom stereocenters. The van der Waals surface area contributed by atoms with Crippen molar-refractivity contribution in [1.82, 2.24) is 16.2 Å². The van der Waals surface area contributed by atoms with Crippen LogP contribution in [0.2, 0.25) is 5.02 Å². The maximum Gasteiger partial charge on any atom is 0.264 e. The van der Waals surface area contributed by atoms with Crippen molar-refractivity contribution < 1.29 is 14.3 Å². The minimum absolute atomic E-state index is 0.00417. The third-order valence-corrected chi connectivity index (χ3v) is 3.75. The number of carbonyl (C=O) groups is 2. The number of nitrogens with one attached hydrogen (secondary N) is 3. The molecule has 1 aliphatic rings. The lowest BCUT2D eigenvalue weighted by atomic mass is 10.3. The summed E-state index contributed by atoms with van der Waals surface area (Å²) < 4.78 is 6.10. The number of hydrogen-bond acceptors (Lipinski definition) is 4. The predicted molar refractivity (Wildman–Crippen MR) is 89.4 cm³/mol. The van der Waals surface area contributed by atoms with Gasteiger partial charge in [0.25, 0.3) is 5.91 Å². The van der Waals surface area contributed by atoms with Crippen molar-refractivity contribution in [3.63, 3.8) is 0 Å². The molecule has 0 aromatic heterocycles. The standard InChI is InChI=1S/C13H13BrClN3O3S/c14-8-3-4-10(9(15)5-8)21-6-11(19)16-13(22)18-17-12(20)7-1-2-7/h3-5,7H,1-2,6H2,(H,17,20)(H2,16,18,19,22). The van der Waals surface area contributed by atoms with E-state index in [2.05, 4.69) is 32.1 Å². The van der Waals surface area contributed by atoms with E-state index in [0.717, 1.165) is 17.3 Å². The lowest BCUT2D eigenvalue weighted by Gasteiger charge is -2.11. The Kier molecular flexibility index (Phi) is 5.98. The summed E-state index contributed by atoms with van der Waals surface area (Å²) in [6, 6.07) is 5.05. The molecule has 0 unspecified atom stereocenters. The van der Waals surface area contributed by atoms with E-state index in [1.807, 2.05) is 0 Å². The zero-order valence-corrected chi connectivity index (χ0v) is 14.5. The van der Waals surface area contributed by atoms with Gasteiger partial charge in [0.15, 0.2) is 11.7 Å². The van der Waals surface area contributed by atoms with Gasteiger partial charge in [-0.1, -0.05) is 27.5 Å². The van der Waals surface area contributed by atoms with Gasteiger partial charge in [-0.25, -0.2) is 0 Å². The van der Waals surface area contributed by atoms with E-state index < -0.39 is 5.91 Å². The summed E-state index contributed by atoms with van der Waals surface area (Å²) in [5, 5.41) is 2.78. The van der Waals surface area contributed by atoms with Crippen molar-refractivity contribution in [1.29, 1.82) is 0 Å². The van der Waals surface area contributed by atoms with E-state index in [1.54, 1.807) is 18.2 Å². The highest BCUT2D eigenvalue weighted by Crippen LogP contribution is 2.28. The molecule has 0 bridgehead atoms. The maximum atomic E-state index is 11.7. The Morgan fingerprint density at radius 3 is 2.73 bits per heavy atom. The largest absolute Gasteiger partial charge is 0.482 e. The number of hydrazine groups is 1. The molecule has 22 heavy (non-hydrogen) atoms. The number of carbonyl (C=O) groups excluding carboxylic acids is 2. The molecule has 2 amide bonds. The molecule has 1 saturated carbocycles. The van der Waals surface area contributed by atoms with Crippen molar-refractivity contribution in [2.75, 3.05) is 6.61 Å². The van der Waals surface area contributed by atoms with Gasteiger partial charge in [0.1, 0.15) is 5.75 Å². The van der Waals surface area contributed by atoms with Crippen LogP contribution in [0.1, 0.15) is 12.8 Å². The Balaban J connectivity index is 1.70. The van der Waals surface area contributed by atoms with Crippen molar-refractivity contribution >= 4 is 56.7 Å². The van der Waals surface area contributed by atoms with Gasteiger partial charge in [0.2, 0.25) is 5.91 Å². The first-order chi connectivity index (χ1) is 10.5. The third-order valence-electron chi connectivity index (χ3n) is 2.75. The molecule has 0 radical (unpaired) electrons. The van der Waals surface area contributed by atoms with Gasteiger partial charge in [0.05, 0.1) is 5.02 Å². The Morgan fingerprint density at radius 1 is 1.36 bits per heavy atom. The van der Waals surface area contributed by atoms with Gasteiger partial charge in [-0.2, -0.15) is 0 Å². The number of thiocarbonyl (C=S) groups is 1. The molecule has 3 N–H and O–H groups in total. The second-order valence-corrected chi connectivity index (χ2v) is 6.36. The number of hydrogen-bond donors (Lipinski definition) is 3. The molecular formula is C13H13BrClN3O3S. The van der Waals surface area contributed by atoms with Crippen LogP contribution >= 0.6 is 39.7 Å². The van der Waals surface area contributed by atoms with Crippen LogP contribution in [0.5, 0.6) is 5.75 Å².